The summed E-state index contributed by atoms with van der Waals surface area (Å²) in [6.07, 6.45) is 5.68. The first-order valence-corrected chi connectivity index (χ1v) is 6.62. The van der Waals surface area contributed by atoms with Gasteiger partial charge in [0.15, 0.2) is 0 Å². The van der Waals surface area contributed by atoms with Gasteiger partial charge in [-0.2, -0.15) is 0 Å². The third kappa shape index (κ3) is 2.68. The molecule has 1 aliphatic rings. The molecule has 92 valence electrons. The van der Waals surface area contributed by atoms with Crippen LogP contribution in [0.2, 0.25) is 0 Å². The van der Waals surface area contributed by atoms with Crippen LogP contribution in [0, 0.1) is 0 Å². The van der Waals surface area contributed by atoms with E-state index in [1.165, 1.54) is 12.0 Å². The van der Waals surface area contributed by atoms with Crippen molar-refractivity contribution in [3.8, 4) is 0 Å². The van der Waals surface area contributed by atoms with Crippen LogP contribution in [0.3, 0.4) is 0 Å². The minimum atomic E-state index is 0.397. The summed E-state index contributed by atoms with van der Waals surface area (Å²) in [4.78, 5) is 13.2. The van der Waals surface area contributed by atoms with Gasteiger partial charge in [0.1, 0.15) is 0 Å². The van der Waals surface area contributed by atoms with Crippen LogP contribution in [0.5, 0.6) is 0 Å². The average Bonchev–Trinajstić information content (AvgIpc) is 2.41. The minimum absolute atomic E-state index is 0.397. The number of carbonyl (C=O) groups is 1. The number of rotatable bonds is 4. The van der Waals surface area contributed by atoms with E-state index in [1.807, 2.05) is 4.90 Å². The van der Waals surface area contributed by atoms with Crippen LogP contribution in [0.4, 0.5) is 0 Å². The van der Waals surface area contributed by atoms with E-state index in [4.69, 9.17) is 0 Å². The fourth-order valence-corrected chi connectivity index (χ4v) is 2.97. The summed E-state index contributed by atoms with van der Waals surface area (Å²) in [7, 11) is 0. The number of benzene rings is 1. The molecule has 1 aromatic rings. The Morgan fingerprint density at radius 1 is 1.35 bits per heavy atom. The second-order valence-corrected chi connectivity index (χ2v) is 4.83. The molecule has 0 radical (unpaired) electrons. The van der Waals surface area contributed by atoms with Crippen molar-refractivity contribution >= 4 is 6.41 Å². The first kappa shape index (κ1) is 12.2. The van der Waals surface area contributed by atoms with Gasteiger partial charge in [-0.1, -0.05) is 37.3 Å². The summed E-state index contributed by atoms with van der Waals surface area (Å²) in [5.74, 6) is 0.488. The van der Waals surface area contributed by atoms with Crippen LogP contribution in [-0.4, -0.2) is 23.9 Å². The zero-order valence-corrected chi connectivity index (χ0v) is 10.5. The highest BCUT2D eigenvalue weighted by Crippen LogP contribution is 2.31. The molecule has 0 aromatic heterocycles. The highest BCUT2D eigenvalue weighted by molar-refractivity contribution is 5.48. The molecule has 2 heteroatoms. The van der Waals surface area contributed by atoms with Crippen LogP contribution in [0.25, 0.3) is 0 Å². The van der Waals surface area contributed by atoms with Crippen molar-refractivity contribution in [1.29, 1.82) is 0 Å². The van der Waals surface area contributed by atoms with E-state index in [1.54, 1.807) is 0 Å². The molecule has 0 spiro atoms. The molecule has 0 aliphatic carbocycles. The lowest BCUT2D eigenvalue weighted by Crippen LogP contribution is -2.42. The monoisotopic (exact) mass is 231 g/mol. The van der Waals surface area contributed by atoms with Crippen LogP contribution in [0.1, 0.15) is 44.1 Å². The van der Waals surface area contributed by atoms with Crippen LogP contribution in [0.15, 0.2) is 30.3 Å². The average molecular weight is 231 g/mol. The van der Waals surface area contributed by atoms with Crippen molar-refractivity contribution in [2.24, 2.45) is 0 Å². The largest absolute Gasteiger partial charge is 0.342 e. The van der Waals surface area contributed by atoms with E-state index in [2.05, 4.69) is 37.3 Å². The number of hydrogen-bond donors (Lipinski definition) is 0. The number of carbonyl (C=O) groups excluding carboxylic acids is 1. The maximum absolute atomic E-state index is 11.1. The predicted octanol–water partition coefficient (Wildman–Crippen LogP) is 3.19. The fourth-order valence-electron chi connectivity index (χ4n) is 2.97. The van der Waals surface area contributed by atoms with Crippen molar-refractivity contribution in [2.75, 3.05) is 6.54 Å². The molecule has 0 N–H and O–H groups in total. The first-order chi connectivity index (χ1) is 8.36. The highest BCUT2D eigenvalue weighted by Gasteiger charge is 2.28. The van der Waals surface area contributed by atoms with Crippen LogP contribution < -0.4 is 0 Å². The Bertz CT molecular complexity index is 349. The van der Waals surface area contributed by atoms with Gasteiger partial charge in [0, 0.05) is 18.5 Å². The topological polar surface area (TPSA) is 20.3 Å². The minimum Gasteiger partial charge on any atom is -0.342 e. The third-order valence-electron chi connectivity index (χ3n) is 3.86. The molecule has 0 saturated carbocycles. The SMILES string of the molecule is CCC(c1ccccc1)C1CCCCN1C=O. The zero-order chi connectivity index (χ0) is 12.1. The van der Waals surface area contributed by atoms with Gasteiger partial charge in [0.2, 0.25) is 6.41 Å². The quantitative estimate of drug-likeness (QED) is 0.729. The number of piperidine rings is 1. The summed E-state index contributed by atoms with van der Waals surface area (Å²) in [6.45, 7) is 3.15. The summed E-state index contributed by atoms with van der Waals surface area (Å²) >= 11 is 0. The molecule has 2 nitrogen and oxygen atoms in total. The summed E-state index contributed by atoms with van der Waals surface area (Å²) in [6, 6.07) is 11.0. The van der Waals surface area contributed by atoms with Crippen molar-refractivity contribution in [1.82, 2.24) is 4.90 Å². The molecule has 17 heavy (non-hydrogen) atoms. The molecule has 2 unspecified atom stereocenters. The Morgan fingerprint density at radius 2 is 2.12 bits per heavy atom. The third-order valence-corrected chi connectivity index (χ3v) is 3.86. The van der Waals surface area contributed by atoms with E-state index >= 15 is 0 Å². The van der Waals surface area contributed by atoms with Crippen molar-refractivity contribution in [3.05, 3.63) is 35.9 Å². The number of hydrogen-bond acceptors (Lipinski definition) is 1. The zero-order valence-electron chi connectivity index (χ0n) is 10.5. The Labute approximate surface area is 104 Å². The molecule has 0 bridgehead atoms. The van der Waals surface area contributed by atoms with Gasteiger partial charge < -0.3 is 4.90 Å². The van der Waals surface area contributed by atoms with E-state index in [-0.39, 0.29) is 0 Å². The van der Waals surface area contributed by atoms with Gasteiger partial charge in [-0.25, -0.2) is 0 Å². The van der Waals surface area contributed by atoms with Gasteiger partial charge in [-0.15, -0.1) is 0 Å². The molecule has 1 fully saturated rings. The number of amides is 1. The van der Waals surface area contributed by atoms with E-state index < -0.39 is 0 Å². The summed E-state index contributed by atoms with van der Waals surface area (Å²) < 4.78 is 0. The van der Waals surface area contributed by atoms with Crippen molar-refractivity contribution in [2.45, 2.75) is 44.6 Å². The lowest BCUT2D eigenvalue weighted by atomic mass is 9.84. The molecular formula is C15H21NO. The first-order valence-electron chi connectivity index (χ1n) is 6.62. The Hall–Kier alpha value is -1.31. The van der Waals surface area contributed by atoms with E-state index in [0.717, 1.165) is 32.2 Å². The van der Waals surface area contributed by atoms with E-state index in [0.29, 0.717) is 12.0 Å². The van der Waals surface area contributed by atoms with Gasteiger partial charge in [0.25, 0.3) is 0 Å². The number of likely N-dealkylation sites (tertiary alicyclic amines) is 1. The molecule has 1 aromatic carbocycles. The van der Waals surface area contributed by atoms with E-state index in [9.17, 15) is 4.79 Å². The Morgan fingerprint density at radius 3 is 2.76 bits per heavy atom. The smallest absolute Gasteiger partial charge is 0.209 e. The lowest BCUT2D eigenvalue weighted by Gasteiger charge is -2.38. The molecule has 2 rings (SSSR count). The molecule has 1 heterocycles. The second kappa shape index (κ2) is 5.85. The predicted molar refractivity (Wildman–Crippen MR) is 69.9 cm³/mol. The van der Waals surface area contributed by atoms with Gasteiger partial charge in [0.05, 0.1) is 0 Å². The standard InChI is InChI=1S/C15H21NO/c1-2-14(13-8-4-3-5-9-13)15-10-6-7-11-16(15)12-17/h3-5,8-9,12,14-15H,2,6-7,10-11H2,1H3. The normalized spacial score (nSPS) is 22.2. The molecule has 1 saturated heterocycles. The maximum Gasteiger partial charge on any atom is 0.209 e. The van der Waals surface area contributed by atoms with Crippen LogP contribution >= 0.6 is 0 Å². The lowest BCUT2D eigenvalue weighted by molar-refractivity contribution is -0.121. The Balaban J connectivity index is 2.19. The Kier molecular flexibility index (Phi) is 4.18. The molecule has 1 amide bonds. The van der Waals surface area contributed by atoms with Gasteiger partial charge in [-0.05, 0) is 31.2 Å². The summed E-state index contributed by atoms with van der Waals surface area (Å²) in [5, 5.41) is 0. The van der Waals surface area contributed by atoms with Gasteiger partial charge in [-0.3, -0.25) is 4.79 Å². The highest BCUT2D eigenvalue weighted by atomic mass is 16.1. The molecular weight excluding hydrogens is 210 g/mol. The molecule has 2 atom stereocenters. The van der Waals surface area contributed by atoms with Gasteiger partial charge >= 0.3 is 0 Å². The number of nitrogens with zero attached hydrogens (tertiary/aromatic N) is 1. The summed E-state index contributed by atoms with van der Waals surface area (Å²) in [5.41, 5.74) is 1.37. The maximum atomic E-state index is 11.1. The van der Waals surface area contributed by atoms with Crippen molar-refractivity contribution in [3.63, 3.8) is 0 Å². The second-order valence-electron chi connectivity index (χ2n) is 4.83. The fraction of sp³-hybridized carbons (Fsp3) is 0.533. The molecule has 1 aliphatic heterocycles. The van der Waals surface area contributed by atoms with Crippen LogP contribution in [-0.2, 0) is 4.79 Å². The van der Waals surface area contributed by atoms with Crippen molar-refractivity contribution < 1.29 is 4.79 Å².